The molecule has 3 aromatic rings. The average Bonchev–Trinajstić information content (AvgIpc) is 3.16. The summed E-state index contributed by atoms with van der Waals surface area (Å²) in [4.78, 5) is 15.9. The second-order valence-electron chi connectivity index (χ2n) is 5.78. The van der Waals surface area contributed by atoms with Crippen molar-refractivity contribution in [3.05, 3.63) is 48.0 Å². The van der Waals surface area contributed by atoms with Crippen LogP contribution in [0.1, 0.15) is 37.1 Å². The van der Waals surface area contributed by atoms with Crippen LogP contribution in [0.25, 0.3) is 11.0 Å². The minimum atomic E-state index is -0.303. The Bertz CT molecular complexity index is 842. The number of aryl methyl sites for hydroxylation is 2. The first-order valence-electron chi connectivity index (χ1n) is 7.85. The Balaban J connectivity index is 1.60. The molecule has 0 saturated heterocycles. The maximum absolute atomic E-state index is 13.4. The van der Waals surface area contributed by atoms with Gasteiger partial charge in [-0.2, -0.15) is 5.10 Å². The van der Waals surface area contributed by atoms with Gasteiger partial charge in [-0.05, 0) is 38.5 Å². The SMILES string of the molecule is Cc1c([C@@H](C)NC(=O)CCCn2cncn2)oc2ccc(F)cc12. The summed E-state index contributed by atoms with van der Waals surface area (Å²) in [6.07, 6.45) is 4.15. The molecule has 126 valence electrons. The van der Waals surface area contributed by atoms with E-state index in [9.17, 15) is 9.18 Å². The zero-order valence-electron chi connectivity index (χ0n) is 13.6. The number of rotatable bonds is 6. The Morgan fingerprint density at radius 2 is 2.29 bits per heavy atom. The molecule has 0 aliphatic rings. The van der Waals surface area contributed by atoms with Crippen LogP contribution in [0, 0.1) is 12.7 Å². The molecule has 3 rings (SSSR count). The minimum Gasteiger partial charge on any atom is -0.459 e. The van der Waals surface area contributed by atoms with E-state index in [0.717, 1.165) is 10.9 Å². The van der Waals surface area contributed by atoms with Gasteiger partial charge in [-0.1, -0.05) is 0 Å². The van der Waals surface area contributed by atoms with Crippen LogP contribution in [0.2, 0.25) is 0 Å². The number of carbonyl (C=O) groups excluding carboxylic acids is 1. The van der Waals surface area contributed by atoms with Crippen LogP contribution >= 0.6 is 0 Å². The molecule has 0 unspecified atom stereocenters. The van der Waals surface area contributed by atoms with Crippen molar-refractivity contribution >= 4 is 16.9 Å². The first kappa shape index (κ1) is 16.2. The van der Waals surface area contributed by atoms with Crippen LogP contribution in [-0.2, 0) is 11.3 Å². The number of hydrogen-bond acceptors (Lipinski definition) is 4. The molecule has 0 spiro atoms. The van der Waals surface area contributed by atoms with Gasteiger partial charge >= 0.3 is 0 Å². The number of fused-ring (bicyclic) bond motifs is 1. The predicted octanol–water partition coefficient (Wildman–Crippen LogP) is 3.13. The second-order valence-corrected chi connectivity index (χ2v) is 5.78. The summed E-state index contributed by atoms with van der Waals surface area (Å²) in [7, 11) is 0. The number of nitrogens with zero attached hydrogens (tertiary/aromatic N) is 3. The third-order valence-corrected chi connectivity index (χ3v) is 3.96. The molecule has 7 heteroatoms. The van der Waals surface area contributed by atoms with Gasteiger partial charge in [-0.15, -0.1) is 0 Å². The van der Waals surface area contributed by atoms with Crippen molar-refractivity contribution in [2.75, 3.05) is 0 Å². The zero-order valence-corrected chi connectivity index (χ0v) is 13.6. The molecule has 1 N–H and O–H groups in total. The lowest BCUT2D eigenvalue weighted by atomic mass is 10.1. The van der Waals surface area contributed by atoms with Crippen molar-refractivity contribution in [1.29, 1.82) is 0 Å². The summed E-state index contributed by atoms with van der Waals surface area (Å²) in [5.41, 5.74) is 1.47. The van der Waals surface area contributed by atoms with Crippen molar-refractivity contribution in [1.82, 2.24) is 20.1 Å². The third-order valence-electron chi connectivity index (χ3n) is 3.96. The maximum Gasteiger partial charge on any atom is 0.220 e. The Morgan fingerprint density at radius 3 is 3.04 bits per heavy atom. The Kier molecular flexibility index (Phi) is 4.59. The molecule has 0 fully saturated rings. The van der Waals surface area contributed by atoms with Crippen molar-refractivity contribution in [2.45, 2.75) is 39.3 Å². The Labute approximate surface area is 138 Å². The van der Waals surface area contributed by atoms with Crippen molar-refractivity contribution in [2.24, 2.45) is 0 Å². The van der Waals surface area contributed by atoms with Crippen molar-refractivity contribution in [3.8, 4) is 0 Å². The summed E-state index contributed by atoms with van der Waals surface area (Å²) >= 11 is 0. The Hall–Kier alpha value is -2.70. The fourth-order valence-electron chi connectivity index (χ4n) is 2.75. The zero-order chi connectivity index (χ0) is 17.1. The number of benzene rings is 1. The summed E-state index contributed by atoms with van der Waals surface area (Å²) in [5, 5.41) is 7.65. The molecular weight excluding hydrogens is 311 g/mol. The van der Waals surface area contributed by atoms with Crippen LogP contribution in [0.4, 0.5) is 4.39 Å². The minimum absolute atomic E-state index is 0.0614. The molecule has 0 aliphatic heterocycles. The number of halogens is 1. The molecule has 0 bridgehead atoms. The van der Waals surface area contributed by atoms with Gasteiger partial charge in [0.1, 0.15) is 29.8 Å². The standard InChI is InChI=1S/C17H19FN4O2/c1-11-14-8-13(18)5-6-15(14)24-17(11)12(2)21-16(23)4-3-7-22-10-19-9-20-22/h5-6,8-10,12H,3-4,7H2,1-2H3,(H,21,23)/t12-/m1/s1. The number of nitrogens with one attached hydrogen (secondary N) is 1. The molecule has 2 heterocycles. The molecule has 0 aliphatic carbocycles. The lowest BCUT2D eigenvalue weighted by molar-refractivity contribution is -0.122. The summed E-state index contributed by atoms with van der Waals surface area (Å²) in [5.74, 6) is 0.289. The lowest BCUT2D eigenvalue weighted by Gasteiger charge is -2.12. The molecular formula is C17H19FN4O2. The van der Waals surface area contributed by atoms with Crippen LogP contribution < -0.4 is 5.32 Å². The highest BCUT2D eigenvalue weighted by Crippen LogP contribution is 2.29. The smallest absolute Gasteiger partial charge is 0.220 e. The van der Waals surface area contributed by atoms with E-state index >= 15 is 0 Å². The lowest BCUT2D eigenvalue weighted by Crippen LogP contribution is -2.26. The largest absolute Gasteiger partial charge is 0.459 e. The quantitative estimate of drug-likeness (QED) is 0.753. The van der Waals surface area contributed by atoms with Crippen LogP contribution in [0.15, 0.2) is 35.3 Å². The van der Waals surface area contributed by atoms with Gasteiger partial charge in [0.25, 0.3) is 0 Å². The van der Waals surface area contributed by atoms with Crippen molar-refractivity contribution < 1.29 is 13.6 Å². The third kappa shape index (κ3) is 3.45. The molecule has 0 saturated carbocycles. The number of hydrogen-bond donors (Lipinski definition) is 1. The predicted molar refractivity (Wildman–Crippen MR) is 86.7 cm³/mol. The molecule has 0 radical (unpaired) electrons. The van der Waals surface area contributed by atoms with Gasteiger partial charge in [0.15, 0.2) is 0 Å². The second kappa shape index (κ2) is 6.82. The van der Waals surface area contributed by atoms with E-state index in [1.54, 1.807) is 17.1 Å². The van der Waals surface area contributed by atoms with Crippen LogP contribution in [0.3, 0.4) is 0 Å². The highest BCUT2D eigenvalue weighted by molar-refractivity contribution is 5.82. The van der Waals surface area contributed by atoms with E-state index in [0.29, 0.717) is 30.7 Å². The van der Waals surface area contributed by atoms with Gasteiger partial charge in [-0.3, -0.25) is 9.48 Å². The fraction of sp³-hybridized carbons (Fsp3) is 0.353. The van der Waals surface area contributed by atoms with E-state index in [4.69, 9.17) is 4.42 Å². The van der Waals surface area contributed by atoms with Gasteiger partial charge in [0.05, 0.1) is 6.04 Å². The van der Waals surface area contributed by atoms with Gasteiger partial charge in [0, 0.05) is 23.9 Å². The van der Waals surface area contributed by atoms with Gasteiger partial charge in [-0.25, -0.2) is 9.37 Å². The summed E-state index contributed by atoms with van der Waals surface area (Å²) in [6, 6.07) is 4.14. The first-order valence-corrected chi connectivity index (χ1v) is 7.85. The first-order chi connectivity index (χ1) is 11.5. The molecule has 24 heavy (non-hydrogen) atoms. The average molecular weight is 330 g/mol. The molecule has 1 amide bonds. The number of carbonyl (C=O) groups is 1. The normalized spacial score (nSPS) is 12.5. The highest BCUT2D eigenvalue weighted by Gasteiger charge is 2.18. The highest BCUT2D eigenvalue weighted by atomic mass is 19.1. The molecule has 1 atom stereocenters. The molecule has 1 aromatic carbocycles. The van der Waals surface area contributed by atoms with Crippen molar-refractivity contribution in [3.63, 3.8) is 0 Å². The fourth-order valence-corrected chi connectivity index (χ4v) is 2.75. The Morgan fingerprint density at radius 1 is 1.46 bits per heavy atom. The van der Waals surface area contributed by atoms with E-state index in [-0.39, 0.29) is 17.8 Å². The van der Waals surface area contributed by atoms with E-state index in [2.05, 4.69) is 15.4 Å². The van der Waals surface area contributed by atoms with E-state index < -0.39 is 0 Å². The van der Waals surface area contributed by atoms with Gasteiger partial charge in [0.2, 0.25) is 5.91 Å². The molecule has 2 aromatic heterocycles. The van der Waals surface area contributed by atoms with E-state index in [1.165, 1.54) is 18.5 Å². The number of amides is 1. The van der Waals surface area contributed by atoms with Gasteiger partial charge < -0.3 is 9.73 Å². The number of aromatic nitrogens is 3. The van der Waals surface area contributed by atoms with E-state index in [1.807, 2.05) is 13.8 Å². The summed E-state index contributed by atoms with van der Waals surface area (Å²) < 4.78 is 20.8. The summed E-state index contributed by atoms with van der Waals surface area (Å²) in [6.45, 7) is 4.37. The maximum atomic E-state index is 13.4. The monoisotopic (exact) mass is 330 g/mol. The molecule has 6 nitrogen and oxygen atoms in total. The van der Waals surface area contributed by atoms with Crippen LogP contribution in [0.5, 0.6) is 0 Å². The number of furan rings is 1. The topological polar surface area (TPSA) is 73.0 Å². The van der Waals surface area contributed by atoms with Crippen LogP contribution in [-0.4, -0.2) is 20.7 Å².